The molecule has 0 heterocycles. The molecule has 1 N–H and O–H groups in total. The van der Waals surface area contributed by atoms with Crippen molar-refractivity contribution in [2.75, 3.05) is 12.4 Å². The minimum absolute atomic E-state index is 0.194. The lowest BCUT2D eigenvalue weighted by Gasteiger charge is -2.18. The molecule has 1 saturated carbocycles. The van der Waals surface area contributed by atoms with E-state index in [0.717, 1.165) is 37.2 Å². The van der Waals surface area contributed by atoms with Crippen molar-refractivity contribution in [2.45, 2.75) is 72.3 Å². The maximum Gasteiger partial charge on any atom is 0.212 e. The van der Waals surface area contributed by atoms with Crippen LogP contribution in [-0.2, 0) is 10.0 Å². The molecule has 148 valence electrons. The van der Waals surface area contributed by atoms with Crippen LogP contribution in [0.2, 0.25) is 0 Å². The van der Waals surface area contributed by atoms with Crippen molar-refractivity contribution in [1.82, 2.24) is 4.72 Å². The van der Waals surface area contributed by atoms with Gasteiger partial charge in [0.15, 0.2) is 0 Å². The lowest BCUT2D eigenvalue weighted by Crippen LogP contribution is -2.29. The summed E-state index contributed by atoms with van der Waals surface area (Å²) in [7, 11) is -3.26. The third-order valence-corrected chi connectivity index (χ3v) is 6.28. The Bertz CT molecular complexity index is 660. The molecule has 0 aromatic heterocycles. The summed E-state index contributed by atoms with van der Waals surface area (Å²) in [5.74, 6) is 1.72. The zero-order valence-corrected chi connectivity index (χ0v) is 17.6. The molecular weight excluding hydrogens is 346 g/mol. The quantitative estimate of drug-likeness (QED) is 0.545. The molecule has 1 aromatic rings. The monoisotopic (exact) mass is 381 g/mol. The Morgan fingerprint density at radius 3 is 2.58 bits per heavy atom. The number of nitrogens with one attached hydrogen (secondary N) is 1. The highest BCUT2D eigenvalue weighted by molar-refractivity contribution is 7.89. The third kappa shape index (κ3) is 8.54. The van der Waals surface area contributed by atoms with Crippen LogP contribution in [0.5, 0.6) is 5.75 Å². The fourth-order valence-electron chi connectivity index (χ4n) is 2.89. The molecule has 4 nitrogen and oxygen atoms in total. The average molecular weight is 382 g/mol. The van der Waals surface area contributed by atoms with Gasteiger partial charge in [0.25, 0.3) is 0 Å². The zero-order chi connectivity index (χ0) is 19.2. The van der Waals surface area contributed by atoms with Gasteiger partial charge in [0.2, 0.25) is 10.0 Å². The van der Waals surface area contributed by atoms with Gasteiger partial charge in [-0.3, -0.25) is 0 Å². The van der Waals surface area contributed by atoms with Crippen LogP contribution in [0.3, 0.4) is 0 Å². The van der Waals surface area contributed by atoms with E-state index >= 15 is 0 Å². The molecule has 2 rings (SSSR count). The number of hydrogen-bond donors (Lipinski definition) is 1. The maximum atomic E-state index is 12.3. The summed E-state index contributed by atoms with van der Waals surface area (Å²) >= 11 is 0. The molecule has 26 heavy (non-hydrogen) atoms. The molecule has 0 unspecified atom stereocenters. The zero-order valence-electron chi connectivity index (χ0n) is 16.8. The minimum atomic E-state index is -3.26. The van der Waals surface area contributed by atoms with Gasteiger partial charge in [0.05, 0.1) is 12.4 Å². The Kier molecular flexibility index (Phi) is 7.53. The molecule has 0 aliphatic heterocycles. The topological polar surface area (TPSA) is 55.4 Å². The first-order valence-corrected chi connectivity index (χ1v) is 11.5. The highest BCUT2D eigenvalue weighted by Gasteiger charge is 2.22. The second kappa shape index (κ2) is 9.23. The summed E-state index contributed by atoms with van der Waals surface area (Å²) in [6.45, 7) is 9.30. The Labute approximate surface area is 159 Å². The van der Waals surface area contributed by atoms with Crippen LogP contribution in [0.15, 0.2) is 24.3 Å². The van der Waals surface area contributed by atoms with E-state index in [9.17, 15) is 8.42 Å². The van der Waals surface area contributed by atoms with Gasteiger partial charge in [-0.15, -0.1) is 0 Å². The molecule has 1 fully saturated rings. The fraction of sp³-hybridized carbons (Fsp3) is 0.714. The van der Waals surface area contributed by atoms with Gasteiger partial charge in [-0.2, -0.15) is 0 Å². The molecular formula is C21H35NO3S. The number of sulfonamides is 1. The van der Waals surface area contributed by atoms with Gasteiger partial charge in [0, 0.05) is 6.04 Å². The lowest BCUT2D eigenvalue weighted by atomic mass is 9.90. The normalized spacial score (nSPS) is 16.5. The molecule has 0 bridgehead atoms. The summed E-state index contributed by atoms with van der Waals surface area (Å²) in [6, 6.07) is 7.50. The van der Waals surface area contributed by atoms with Gasteiger partial charge in [-0.25, -0.2) is 13.1 Å². The first-order valence-electron chi connectivity index (χ1n) is 9.87. The van der Waals surface area contributed by atoms with Gasteiger partial charge in [0.1, 0.15) is 5.75 Å². The van der Waals surface area contributed by atoms with Crippen molar-refractivity contribution in [2.24, 2.45) is 11.3 Å². The Morgan fingerprint density at radius 2 is 1.92 bits per heavy atom. The van der Waals surface area contributed by atoms with Crippen molar-refractivity contribution in [3.63, 3.8) is 0 Å². The van der Waals surface area contributed by atoms with Crippen LogP contribution in [0.25, 0.3) is 0 Å². The van der Waals surface area contributed by atoms with Gasteiger partial charge >= 0.3 is 0 Å². The molecule has 5 heteroatoms. The van der Waals surface area contributed by atoms with E-state index in [-0.39, 0.29) is 11.8 Å². The van der Waals surface area contributed by atoms with Crippen LogP contribution < -0.4 is 9.46 Å². The van der Waals surface area contributed by atoms with E-state index in [1.165, 1.54) is 12.8 Å². The van der Waals surface area contributed by atoms with Crippen molar-refractivity contribution >= 4 is 10.0 Å². The number of hydrogen-bond acceptors (Lipinski definition) is 3. The van der Waals surface area contributed by atoms with E-state index in [2.05, 4.69) is 25.5 Å². The molecule has 0 spiro atoms. The van der Waals surface area contributed by atoms with E-state index in [1.54, 1.807) is 0 Å². The summed E-state index contributed by atoms with van der Waals surface area (Å²) in [5.41, 5.74) is 1.26. The first kappa shape index (κ1) is 21.2. The number of ether oxygens (including phenoxy) is 1. The maximum absolute atomic E-state index is 12.3. The van der Waals surface area contributed by atoms with Crippen molar-refractivity contribution in [1.29, 1.82) is 0 Å². The largest absolute Gasteiger partial charge is 0.493 e. The standard InChI is InChI=1S/C21H35NO3S/c1-17(19-9-8-10-20(15-19)25-16-18-11-12-18)22-26(23,24)14-7-5-6-13-21(2,3)4/h8-10,15,17-18,22H,5-7,11-14,16H2,1-4H3/t17-/m1/s1. The molecule has 0 radical (unpaired) electrons. The molecule has 1 aliphatic carbocycles. The van der Waals surface area contributed by atoms with Gasteiger partial charge < -0.3 is 4.74 Å². The third-order valence-electron chi connectivity index (χ3n) is 4.74. The van der Waals surface area contributed by atoms with E-state index in [1.807, 2.05) is 31.2 Å². The lowest BCUT2D eigenvalue weighted by molar-refractivity contribution is 0.299. The predicted molar refractivity (Wildman–Crippen MR) is 108 cm³/mol. The SMILES string of the molecule is C[C@@H](NS(=O)(=O)CCCCCC(C)(C)C)c1cccc(OCC2CC2)c1. The summed E-state index contributed by atoms with van der Waals surface area (Å²) in [6.07, 6.45) is 6.39. The second-order valence-corrected chi connectivity index (χ2v) is 10.7. The number of unbranched alkanes of at least 4 members (excludes halogenated alkanes) is 2. The average Bonchev–Trinajstić information content (AvgIpc) is 3.35. The number of rotatable bonds is 11. The highest BCUT2D eigenvalue weighted by Crippen LogP contribution is 2.30. The molecule has 1 aromatic carbocycles. The summed E-state index contributed by atoms with van der Waals surface area (Å²) in [4.78, 5) is 0. The Balaban J connectivity index is 1.77. The van der Waals surface area contributed by atoms with Crippen LogP contribution in [-0.4, -0.2) is 20.8 Å². The van der Waals surface area contributed by atoms with Gasteiger partial charge in [-0.05, 0) is 61.6 Å². The van der Waals surface area contributed by atoms with Crippen molar-refractivity contribution in [3.8, 4) is 5.75 Å². The predicted octanol–water partition coefficient (Wildman–Crippen LogP) is 5.06. The molecule has 0 amide bonds. The van der Waals surface area contributed by atoms with Crippen LogP contribution >= 0.6 is 0 Å². The Morgan fingerprint density at radius 1 is 1.19 bits per heavy atom. The van der Waals surface area contributed by atoms with E-state index in [4.69, 9.17) is 4.74 Å². The van der Waals surface area contributed by atoms with Crippen molar-refractivity contribution in [3.05, 3.63) is 29.8 Å². The van der Waals surface area contributed by atoms with Crippen LogP contribution in [0.4, 0.5) is 0 Å². The Hall–Kier alpha value is -1.07. The van der Waals surface area contributed by atoms with Crippen LogP contribution in [0, 0.1) is 11.3 Å². The van der Waals surface area contributed by atoms with E-state index < -0.39 is 10.0 Å². The first-order chi connectivity index (χ1) is 12.1. The van der Waals surface area contributed by atoms with Crippen molar-refractivity contribution < 1.29 is 13.2 Å². The fourth-order valence-corrected chi connectivity index (χ4v) is 4.27. The highest BCUT2D eigenvalue weighted by atomic mass is 32.2. The summed E-state index contributed by atoms with van der Waals surface area (Å²) < 4.78 is 33.3. The second-order valence-electron chi connectivity index (χ2n) is 8.86. The summed E-state index contributed by atoms with van der Waals surface area (Å²) in [5, 5.41) is 0. The molecule has 1 aliphatic rings. The van der Waals surface area contributed by atoms with E-state index in [0.29, 0.717) is 17.8 Å². The smallest absolute Gasteiger partial charge is 0.212 e. The molecule has 0 saturated heterocycles. The van der Waals surface area contributed by atoms with Crippen LogP contribution in [0.1, 0.15) is 77.8 Å². The minimum Gasteiger partial charge on any atom is -0.493 e. The van der Waals surface area contributed by atoms with Gasteiger partial charge in [-0.1, -0.05) is 45.7 Å². The number of benzene rings is 1. The molecule has 1 atom stereocenters.